The summed E-state index contributed by atoms with van der Waals surface area (Å²) >= 11 is 0. The number of H-pyrrole nitrogens is 1. The van der Waals surface area contributed by atoms with Crippen molar-refractivity contribution in [3.05, 3.63) is 50.7 Å². The summed E-state index contributed by atoms with van der Waals surface area (Å²) in [5, 5.41) is 2.97. The van der Waals surface area contributed by atoms with Gasteiger partial charge in [0.15, 0.2) is 5.69 Å². The number of methoxy groups -OCH3 is 1. The van der Waals surface area contributed by atoms with E-state index in [-0.39, 0.29) is 43.7 Å². The van der Waals surface area contributed by atoms with Crippen LogP contribution in [-0.2, 0) is 20.8 Å². The Labute approximate surface area is 197 Å². The highest BCUT2D eigenvalue weighted by Gasteiger charge is 2.24. The first kappa shape index (κ1) is 26.7. The maximum atomic E-state index is 13.1. The number of esters is 1. The molecule has 2 aromatic rings. The number of ether oxygens (including phenoxy) is 2. The van der Waals surface area contributed by atoms with Crippen LogP contribution in [0.25, 0.3) is 0 Å². The molecule has 2 rings (SSSR count). The van der Waals surface area contributed by atoms with Crippen molar-refractivity contribution >= 4 is 29.1 Å². The highest BCUT2D eigenvalue weighted by molar-refractivity contribution is 5.98. The average Bonchev–Trinajstić information content (AvgIpc) is 2.80. The number of benzene rings is 1. The van der Waals surface area contributed by atoms with Crippen molar-refractivity contribution in [2.24, 2.45) is 5.92 Å². The number of carbonyl (C=O) groups is 2. The van der Waals surface area contributed by atoms with Crippen LogP contribution in [-0.4, -0.2) is 54.8 Å². The predicted octanol–water partition coefficient (Wildman–Crippen LogP) is 1.43. The lowest BCUT2D eigenvalue weighted by molar-refractivity contribution is -0.117. The normalized spacial score (nSPS) is 10.9. The molecule has 11 nitrogen and oxygen atoms in total. The highest BCUT2D eigenvalue weighted by Crippen LogP contribution is 2.18. The Bertz CT molecular complexity index is 1090. The third-order valence-corrected chi connectivity index (χ3v) is 4.85. The van der Waals surface area contributed by atoms with Crippen molar-refractivity contribution in [1.29, 1.82) is 0 Å². The first-order chi connectivity index (χ1) is 16.2. The summed E-state index contributed by atoms with van der Waals surface area (Å²) in [7, 11) is 1.47. The van der Waals surface area contributed by atoms with Gasteiger partial charge in [0.2, 0.25) is 5.91 Å². The Morgan fingerprint density at radius 1 is 1.18 bits per heavy atom. The molecule has 0 radical (unpaired) electrons. The molecule has 1 aromatic heterocycles. The SMILES string of the molecule is CCCOC(=O)c1ccc(NCC(=O)N(CCOC)c2c(N)n(CC(C)C)c(=O)[nH]c2=O)cc1. The van der Waals surface area contributed by atoms with Gasteiger partial charge in [0.25, 0.3) is 5.56 Å². The molecule has 0 atom stereocenters. The van der Waals surface area contributed by atoms with Crippen LogP contribution in [0.4, 0.5) is 17.2 Å². The Balaban J connectivity index is 2.23. The van der Waals surface area contributed by atoms with Gasteiger partial charge in [-0.2, -0.15) is 0 Å². The second kappa shape index (κ2) is 12.6. The van der Waals surface area contributed by atoms with E-state index in [1.807, 2.05) is 20.8 Å². The summed E-state index contributed by atoms with van der Waals surface area (Å²) in [5.41, 5.74) is 5.70. The zero-order valence-corrected chi connectivity index (χ0v) is 20.1. The van der Waals surface area contributed by atoms with Crippen molar-refractivity contribution in [3.8, 4) is 0 Å². The Hall–Kier alpha value is -3.60. The molecule has 11 heteroatoms. The lowest BCUT2D eigenvalue weighted by atomic mass is 10.2. The van der Waals surface area contributed by atoms with E-state index in [1.54, 1.807) is 24.3 Å². The fraction of sp³-hybridized carbons (Fsp3) is 0.478. The van der Waals surface area contributed by atoms with Gasteiger partial charge >= 0.3 is 11.7 Å². The number of amides is 1. The molecule has 0 aliphatic carbocycles. The lowest BCUT2D eigenvalue weighted by Crippen LogP contribution is -2.44. The summed E-state index contributed by atoms with van der Waals surface area (Å²) in [6, 6.07) is 6.49. The van der Waals surface area contributed by atoms with Gasteiger partial charge in [-0.15, -0.1) is 0 Å². The van der Waals surface area contributed by atoms with E-state index in [9.17, 15) is 19.2 Å². The lowest BCUT2D eigenvalue weighted by Gasteiger charge is -2.25. The Morgan fingerprint density at radius 3 is 2.44 bits per heavy atom. The number of hydrogen-bond donors (Lipinski definition) is 3. The summed E-state index contributed by atoms with van der Waals surface area (Å²) in [5.74, 6) is -0.857. The highest BCUT2D eigenvalue weighted by atomic mass is 16.5. The number of aromatic amines is 1. The molecule has 186 valence electrons. The summed E-state index contributed by atoms with van der Waals surface area (Å²) in [6.45, 7) is 6.41. The number of nitrogens with zero attached hydrogens (tertiary/aromatic N) is 2. The summed E-state index contributed by atoms with van der Waals surface area (Å²) in [4.78, 5) is 53.3. The maximum absolute atomic E-state index is 13.1. The number of hydrogen-bond acceptors (Lipinski definition) is 8. The van der Waals surface area contributed by atoms with E-state index in [0.717, 1.165) is 6.42 Å². The van der Waals surface area contributed by atoms with E-state index in [4.69, 9.17) is 15.2 Å². The Kier molecular flexibility index (Phi) is 9.87. The monoisotopic (exact) mass is 475 g/mol. The largest absolute Gasteiger partial charge is 0.462 e. The zero-order valence-electron chi connectivity index (χ0n) is 20.1. The number of rotatable bonds is 12. The standard InChI is InChI=1S/C23H33N5O6/c1-5-11-34-22(31)16-6-8-17(9-7-16)25-13-18(29)27(10-12-33-4)19-20(24)28(14-15(2)3)23(32)26-21(19)30/h6-9,15,25H,5,10-14,24H2,1-4H3,(H,26,30,32). The maximum Gasteiger partial charge on any atom is 0.338 e. The molecule has 0 fully saturated rings. The van der Waals surface area contributed by atoms with Crippen molar-refractivity contribution in [2.75, 3.05) is 49.4 Å². The molecule has 0 aliphatic heterocycles. The van der Waals surface area contributed by atoms with Crippen LogP contribution in [0.1, 0.15) is 37.6 Å². The fourth-order valence-corrected chi connectivity index (χ4v) is 3.20. The summed E-state index contributed by atoms with van der Waals surface area (Å²) in [6.07, 6.45) is 0.732. The molecule has 0 unspecified atom stereocenters. The third-order valence-electron chi connectivity index (χ3n) is 4.85. The van der Waals surface area contributed by atoms with Gasteiger partial charge in [0.1, 0.15) is 5.82 Å². The van der Waals surface area contributed by atoms with Crippen molar-refractivity contribution in [3.63, 3.8) is 0 Å². The zero-order chi connectivity index (χ0) is 25.3. The van der Waals surface area contributed by atoms with Crippen molar-refractivity contribution in [2.45, 2.75) is 33.7 Å². The fourth-order valence-electron chi connectivity index (χ4n) is 3.20. The molecule has 1 amide bonds. The van der Waals surface area contributed by atoms with Crippen LogP contribution >= 0.6 is 0 Å². The van der Waals surface area contributed by atoms with Crippen LogP contribution in [0, 0.1) is 5.92 Å². The van der Waals surface area contributed by atoms with E-state index in [0.29, 0.717) is 17.9 Å². The van der Waals surface area contributed by atoms with Gasteiger partial charge < -0.3 is 25.4 Å². The summed E-state index contributed by atoms with van der Waals surface area (Å²) < 4.78 is 11.4. The first-order valence-electron chi connectivity index (χ1n) is 11.1. The molecule has 0 bridgehead atoms. The van der Waals surface area contributed by atoms with Crippen LogP contribution in [0.15, 0.2) is 33.9 Å². The number of nitrogen functional groups attached to an aromatic ring is 1. The minimum Gasteiger partial charge on any atom is -0.462 e. The second-order valence-corrected chi connectivity index (χ2v) is 8.10. The van der Waals surface area contributed by atoms with Gasteiger partial charge in [-0.1, -0.05) is 20.8 Å². The number of aromatic nitrogens is 2. The quantitative estimate of drug-likeness (QED) is 0.390. The Morgan fingerprint density at radius 2 is 1.85 bits per heavy atom. The van der Waals surface area contributed by atoms with Crippen LogP contribution < -0.4 is 27.2 Å². The predicted molar refractivity (Wildman–Crippen MR) is 130 cm³/mol. The van der Waals surface area contributed by atoms with Crippen LogP contribution in [0.3, 0.4) is 0 Å². The second-order valence-electron chi connectivity index (χ2n) is 8.10. The molecule has 0 spiro atoms. The topological polar surface area (TPSA) is 149 Å². The number of nitrogens with two attached hydrogens (primary N) is 1. The minimum absolute atomic E-state index is 0.0619. The molecular weight excluding hydrogens is 442 g/mol. The van der Waals surface area contributed by atoms with Crippen LogP contribution in [0.5, 0.6) is 0 Å². The first-order valence-corrected chi connectivity index (χ1v) is 11.1. The molecule has 1 aromatic carbocycles. The van der Waals surface area contributed by atoms with Crippen molar-refractivity contribution in [1.82, 2.24) is 9.55 Å². The van der Waals surface area contributed by atoms with E-state index in [1.165, 1.54) is 16.6 Å². The number of carbonyl (C=O) groups excluding carboxylic acids is 2. The molecule has 1 heterocycles. The molecule has 34 heavy (non-hydrogen) atoms. The van der Waals surface area contributed by atoms with Gasteiger partial charge in [-0.25, -0.2) is 9.59 Å². The number of anilines is 3. The minimum atomic E-state index is -0.748. The van der Waals surface area contributed by atoms with E-state index >= 15 is 0 Å². The van der Waals surface area contributed by atoms with E-state index in [2.05, 4.69) is 10.3 Å². The number of nitrogens with one attached hydrogen (secondary N) is 2. The molecule has 0 aliphatic rings. The van der Waals surface area contributed by atoms with Gasteiger partial charge in [-0.3, -0.25) is 19.1 Å². The smallest absolute Gasteiger partial charge is 0.338 e. The average molecular weight is 476 g/mol. The van der Waals surface area contributed by atoms with E-state index < -0.39 is 23.1 Å². The third kappa shape index (κ3) is 6.95. The molecule has 4 N–H and O–H groups in total. The molecular formula is C23H33N5O6. The van der Waals surface area contributed by atoms with Crippen LogP contribution in [0.2, 0.25) is 0 Å². The van der Waals surface area contributed by atoms with Gasteiger partial charge in [0.05, 0.1) is 25.3 Å². The molecule has 0 saturated carbocycles. The molecule has 0 saturated heterocycles. The van der Waals surface area contributed by atoms with Crippen molar-refractivity contribution < 1.29 is 19.1 Å². The van der Waals surface area contributed by atoms with Gasteiger partial charge in [0, 0.05) is 25.9 Å². The van der Waals surface area contributed by atoms with Gasteiger partial charge in [-0.05, 0) is 36.6 Å².